The lowest BCUT2D eigenvalue weighted by molar-refractivity contribution is 0.415. The van der Waals surface area contributed by atoms with Crippen molar-refractivity contribution in [2.45, 2.75) is 6.42 Å². The van der Waals surface area contributed by atoms with Crippen LogP contribution < -0.4 is 4.74 Å². The van der Waals surface area contributed by atoms with E-state index >= 15 is 0 Å². The summed E-state index contributed by atoms with van der Waals surface area (Å²) in [7, 11) is 1.65. The molecule has 0 saturated heterocycles. The van der Waals surface area contributed by atoms with Crippen LogP contribution in [-0.2, 0) is 6.42 Å². The molecule has 0 spiro atoms. The smallest absolute Gasteiger partial charge is 0.235 e. The highest BCUT2D eigenvalue weighted by molar-refractivity contribution is 7.17. The van der Waals surface area contributed by atoms with Crippen molar-refractivity contribution in [1.29, 1.82) is 0 Å². The van der Waals surface area contributed by atoms with Crippen LogP contribution in [0.4, 0.5) is 0 Å². The normalized spacial score (nSPS) is 11.3. The zero-order chi connectivity index (χ0) is 18.2. The molecule has 0 aliphatic rings. The standard InChI is InChI=1S/C18H14N6OS2/c1-25-12-6-4-11(5-7-12)14-10-15(20-19-14)17-21-22-18-24(17)23-16(27-18)9-13-3-2-8-26-13/h2-8,10H,9H2,1H3,(H,19,20). The molecule has 9 heteroatoms. The highest BCUT2D eigenvalue weighted by atomic mass is 32.1. The van der Waals surface area contributed by atoms with Crippen molar-refractivity contribution in [2.24, 2.45) is 0 Å². The van der Waals surface area contributed by atoms with E-state index in [1.807, 2.05) is 30.3 Å². The van der Waals surface area contributed by atoms with Gasteiger partial charge in [0.05, 0.1) is 12.8 Å². The molecular formula is C18H14N6OS2. The Bertz CT molecular complexity index is 1190. The second-order valence-corrected chi connectivity index (χ2v) is 7.94. The number of benzene rings is 1. The molecule has 7 nitrogen and oxygen atoms in total. The van der Waals surface area contributed by atoms with E-state index in [1.54, 1.807) is 34.3 Å². The second-order valence-electron chi connectivity index (χ2n) is 5.87. The Morgan fingerprint density at radius 1 is 1.15 bits per heavy atom. The molecule has 0 saturated carbocycles. The number of nitrogens with one attached hydrogen (secondary N) is 1. The number of rotatable bonds is 5. The lowest BCUT2D eigenvalue weighted by atomic mass is 10.1. The number of H-pyrrole nitrogens is 1. The van der Waals surface area contributed by atoms with E-state index in [-0.39, 0.29) is 0 Å². The number of thiophene rings is 1. The number of fused-ring (bicyclic) bond motifs is 1. The first kappa shape index (κ1) is 16.2. The van der Waals surface area contributed by atoms with Gasteiger partial charge in [-0.1, -0.05) is 17.4 Å². The third-order valence-corrected chi connectivity index (χ3v) is 5.92. The lowest BCUT2D eigenvalue weighted by Gasteiger charge is -1.99. The van der Waals surface area contributed by atoms with Gasteiger partial charge < -0.3 is 4.74 Å². The molecule has 0 amide bonds. The molecule has 0 aliphatic heterocycles. The fourth-order valence-corrected chi connectivity index (χ4v) is 4.46. The van der Waals surface area contributed by atoms with Crippen molar-refractivity contribution < 1.29 is 4.74 Å². The first-order valence-corrected chi connectivity index (χ1v) is 9.93. The predicted octanol–water partition coefficient (Wildman–Crippen LogP) is 3.90. The third-order valence-electron chi connectivity index (χ3n) is 4.14. The van der Waals surface area contributed by atoms with E-state index < -0.39 is 0 Å². The number of hydrogen-bond acceptors (Lipinski definition) is 7. The SMILES string of the molecule is COc1ccc(-c2cc(-c3nnc4sc(Cc5cccs5)nn34)[nH]n2)cc1. The van der Waals surface area contributed by atoms with Crippen molar-refractivity contribution >= 4 is 27.6 Å². The quantitative estimate of drug-likeness (QED) is 0.489. The first-order valence-electron chi connectivity index (χ1n) is 8.24. The highest BCUT2D eigenvalue weighted by Crippen LogP contribution is 2.26. The monoisotopic (exact) mass is 394 g/mol. The molecule has 4 heterocycles. The number of ether oxygens (including phenoxy) is 1. The van der Waals surface area contributed by atoms with Gasteiger partial charge in [-0.3, -0.25) is 5.10 Å². The summed E-state index contributed by atoms with van der Waals surface area (Å²) in [6, 6.07) is 13.9. The summed E-state index contributed by atoms with van der Waals surface area (Å²) < 4.78 is 6.98. The fourth-order valence-electron chi connectivity index (χ4n) is 2.80. The summed E-state index contributed by atoms with van der Waals surface area (Å²) >= 11 is 3.29. The van der Waals surface area contributed by atoms with Crippen LogP contribution in [0.3, 0.4) is 0 Å². The van der Waals surface area contributed by atoms with Crippen LogP contribution in [0, 0.1) is 0 Å². The maximum absolute atomic E-state index is 5.20. The van der Waals surface area contributed by atoms with E-state index in [4.69, 9.17) is 4.74 Å². The number of aromatic nitrogens is 6. The Labute approximate surface area is 162 Å². The number of nitrogens with zero attached hydrogens (tertiary/aromatic N) is 5. The van der Waals surface area contributed by atoms with Crippen molar-refractivity contribution in [3.63, 3.8) is 0 Å². The largest absolute Gasteiger partial charge is 0.497 e. The Hall–Kier alpha value is -3.04. The lowest BCUT2D eigenvalue weighted by Crippen LogP contribution is -1.93. The third kappa shape index (κ3) is 3.00. The molecule has 134 valence electrons. The van der Waals surface area contributed by atoms with Gasteiger partial charge in [-0.2, -0.15) is 14.7 Å². The summed E-state index contributed by atoms with van der Waals surface area (Å²) in [4.78, 5) is 2.06. The fraction of sp³-hybridized carbons (Fsp3) is 0.111. The minimum absolute atomic E-state index is 0.658. The molecule has 1 aromatic carbocycles. The second kappa shape index (κ2) is 6.60. The zero-order valence-electron chi connectivity index (χ0n) is 14.3. The van der Waals surface area contributed by atoms with Crippen molar-refractivity contribution in [1.82, 2.24) is 30.0 Å². The van der Waals surface area contributed by atoms with Gasteiger partial charge in [0.2, 0.25) is 10.8 Å². The van der Waals surface area contributed by atoms with Crippen LogP contribution in [0.1, 0.15) is 9.88 Å². The van der Waals surface area contributed by atoms with Crippen molar-refractivity contribution in [3.05, 3.63) is 57.7 Å². The van der Waals surface area contributed by atoms with Crippen LogP contribution in [0.25, 0.3) is 27.7 Å². The van der Waals surface area contributed by atoms with E-state index in [2.05, 4.69) is 43.0 Å². The molecule has 0 atom stereocenters. The predicted molar refractivity (Wildman–Crippen MR) is 105 cm³/mol. The Morgan fingerprint density at radius 3 is 2.81 bits per heavy atom. The van der Waals surface area contributed by atoms with Gasteiger partial charge in [0.25, 0.3) is 0 Å². The number of aromatic amines is 1. The molecule has 5 rings (SSSR count). The van der Waals surface area contributed by atoms with Gasteiger partial charge in [0.1, 0.15) is 16.5 Å². The molecule has 0 aliphatic carbocycles. The Morgan fingerprint density at radius 2 is 2.04 bits per heavy atom. The van der Waals surface area contributed by atoms with Crippen molar-refractivity contribution in [3.8, 4) is 28.5 Å². The van der Waals surface area contributed by atoms with E-state index in [0.717, 1.165) is 39.1 Å². The molecule has 5 aromatic rings. The molecule has 0 bridgehead atoms. The van der Waals surface area contributed by atoms with Gasteiger partial charge in [-0.05, 0) is 41.8 Å². The summed E-state index contributed by atoms with van der Waals surface area (Å²) in [6.45, 7) is 0. The number of methoxy groups -OCH3 is 1. The summed E-state index contributed by atoms with van der Waals surface area (Å²) in [6.07, 6.45) is 0.811. The minimum atomic E-state index is 0.658. The maximum atomic E-state index is 5.20. The van der Waals surface area contributed by atoms with Crippen LogP contribution >= 0.6 is 22.7 Å². The Kier molecular flexibility index (Phi) is 3.95. The average Bonchev–Trinajstić information content (AvgIpc) is 3.46. The summed E-state index contributed by atoms with van der Waals surface area (Å²) in [5, 5.41) is 23.7. The van der Waals surface area contributed by atoms with Crippen LogP contribution in [0.15, 0.2) is 47.8 Å². The van der Waals surface area contributed by atoms with Gasteiger partial charge in [-0.15, -0.1) is 21.5 Å². The molecule has 1 N–H and O–H groups in total. The van der Waals surface area contributed by atoms with E-state index in [0.29, 0.717) is 5.82 Å². The first-order chi connectivity index (χ1) is 13.3. The molecular weight excluding hydrogens is 380 g/mol. The maximum Gasteiger partial charge on any atom is 0.235 e. The summed E-state index contributed by atoms with van der Waals surface area (Å²) in [5.74, 6) is 1.47. The Balaban J connectivity index is 1.46. The van der Waals surface area contributed by atoms with E-state index in [1.165, 1.54) is 4.88 Å². The molecule has 27 heavy (non-hydrogen) atoms. The van der Waals surface area contributed by atoms with Crippen LogP contribution in [0.5, 0.6) is 5.75 Å². The summed E-state index contributed by atoms with van der Waals surface area (Å²) in [5.41, 5.74) is 2.61. The number of hydrogen-bond donors (Lipinski definition) is 1. The van der Waals surface area contributed by atoms with Gasteiger partial charge in [0.15, 0.2) is 0 Å². The topological polar surface area (TPSA) is 81.0 Å². The van der Waals surface area contributed by atoms with Gasteiger partial charge >= 0.3 is 0 Å². The average molecular weight is 394 g/mol. The molecule has 0 unspecified atom stereocenters. The molecule has 0 fully saturated rings. The van der Waals surface area contributed by atoms with Crippen LogP contribution in [0.2, 0.25) is 0 Å². The van der Waals surface area contributed by atoms with Gasteiger partial charge in [-0.25, -0.2) is 0 Å². The highest BCUT2D eigenvalue weighted by Gasteiger charge is 2.16. The van der Waals surface area contributed by atoms with Crippen LogP contribution in [-0.4, -0.2) is 37.1 Å². The molecule has 4 aromatic heterocycles. The zero-order valence-corrected chi connectivity index (χ0v) is 15.9. The molecule has 0 radical (unpaired) electrons. The minimum Gasteiger partial charge on any atom is -0.497 e. The van der Waals surface area contributed by atoms with Crippen molar-refractivity contribution in [2.75, 3.05) is 7.11 Å². The van der Waals surface area contributed by atoms with E-state index in [9.17, 15) is 0 Å². The van der Waals surface area contributed by atoms with Gasteiger partial charge in [0, 0.05) is 16.9 Å².